The van der Waals surface area contributed by atoms with Crippen molar-refractivity contribution in [1.29, 1.82) is 0 Å². The second-order valence-electron chi connectivity index (χ2n) is 3.31. The summed E-state index contributed by atoms with van der Waals surface area (Å²) in [5.74, 6) is 0.404. The molecule has 0 aliphatic carbocycles. The van der Waals surface area contributed by atoms with Gasteiger partial charge in [0.15, 0.2) is 5.82 Å². The first-order chi connectivity index (χ1) is 7.89. The highest BCUT2D eigenvalue weighted by Gasteiger charge is 2.20. The number of rotatable bonds is 2. The van der Waals surface area contributed by atoms with E-state index in [2.05, 4.69) is 10.2 Å². The average Bonchev–Trinajstić information content (AvgIpc) is 2.61. The van der Waals surface area contributed by atoms with Crippen molar-refractivity contribution in [2.75, 3.05) is 0 Å². The average molecular weight is 292 g/mol. The summed E-state index contributed by atoms with van der Waals surface area (Å²) in [4.78, 5) is 0. The predicted octanol–water partition coefficient (Wildman–Crippen LogP) is 2.06. The van der Waals surface area contributed by atoms with Crippen molar-refractivity contribution in [2.45, 2.75) is 5.16 Å². The van der Waals surface area contributed by atoms with Crippen LogP contribution in [0.5, 0.6) is 0 Å². The van der Waals surface area contributed by atoms with Crippen molar-refractivity contribution < 1.29 is 8.42 Å². The van der Waals surface area contributed by atoms with Gasteiger partial charge < -0.3 is 0 Å². The fourth-order valence-corrected chi connectivity index (χ4v) is 2.46. The van der Waals surface area contributed by atoms with E-state index in [0.717, 1.165) is 0 Å². The Balaban J connectivity index is 2.55. The second kappa shape index (κ2) is 4.29. The van der Waals surface area contributed by atoms with Crippen LogP contribution in [0.15, 0.2) is 29.4 Å². The van der Waals surface area contributed by atoms with Crippen LogP contribution in [0.2, 0.25) is 5.02 Å². The fraction of sp³-hybridized carbons (Fsp3) is 0.111. The van der Waals surface area contributed by atoms with E-state index in [4.69, 9.17) is 22.3 Å². The van der Waals surface area contributed by atoms with Crippen LogP contribution in [-0.2, 0) is 16.1 Å². The Morgan fingerprint density at radius 3 is 2.24 bits per heavy atom. The van der Waals surface area contributed by atoms with E-state index in [-0.39, 0.29) is 5.16 Å². The topological polar surface area (TPSA) is 64.8 Å². The Hall–Kier alpha value is -1.11. The highest BCUT2D eigenvalue weighted by atomic mass is 35.7. The molecule has 0 bridgehead atoms. The first-order valence-corrected chi connectivity index (χ1v) is 7.18. The molecule has 1 aromatic carbocycles. The molecule has 2 rings (SSSR count). The Labute approximate surface area is 107 Å². The maximum absolute atomic E-state index is 11.2. The molecule has 0 amide bonds. The molecule has 0 aliphatic rings. The van der Waals surface area contributed by atoms with Crippen molar-refractivity contribution in [3.8, 4) is 11.4 Å². The monoisotopic (exact) mass is 291 g/mol. The van der Waals surface area contributed by atoms with Crippen molar-refractivity contribution >= 4 is 31.3 Å². The van der Waals surface area contributed by atoms with Crippen LogP contribution >= 0.6 is 22.3 Å². The number of benzene rings is 1. The summed E-state index contributed by atoms with van der Waals surface area (Å²) >= 11 is 5.76. The summed E-state index contributed by atoms with van der Waals surface area (Å²) in [5.41, 5.74) is 0.705. The summed E-state index contributed by atoms with van der Waals surface area (Å²) in [6.45, 7) is 0. The largest absolute Gasteiger partial charge is 0.300 e. The molecule has 0 fully saturated rings. The van der Waals surface area contributed by atoms with Gasteiger partial charge in [0.25, 0.3) is 14.2 Å². The molecule has 0 atom stereocenters. The van der Waals surface area contributed by atoms with Crippen LogP contribution < -0.4 is 0 Å². The third-order valence-corrected chi connectivity index (χ3v) is 3.61. The molecule has 0 spiro atoms. The molecule has 2 aromatic rings. The van der Waals surface area contributed by atoms with Gasteiger partial charge in [0.2, 0.25) is 0 Å². The Bertz CT molecular complexity index is 649. The van der Waals surface area contributed by atoms with Crippen LogP contribution in [0, 0.1) is 0 Å². The molecule has 90 valence electrons. The zero-order valence-corrected chi connectivity index (χ0v) is 11.0. The highest BCUT2D eigenvalue weighted by molar-refractivity contribution is 8.13. The van der Waals surface area contributed by atoms with Crippen LogP contribution in [0.25, 0.3) is 11.4 Å². The first kappa shape index (κ1) is 12.3. The molecule has 0 saturated carbocycles. The number of hydrogen-bond acceptors (Lipinski definition) is 4. The lowest BCUT2D eigenvalue weighted by Gasteiger charge is -2.01. The van der Waals surface area contributed by atoms with E-state index in [1.54, 1.807) is 24.3 Å². The second-order valence-corrected chi connectivity index (χ2v) is 6.21. The van der Waals surface area contributed by atoms with E-state index < -0.39 is 9.05 Å². The summed E-state index contributed by atoms with van der Waals surface area (Å²) < 4.78 is 23.7. The third-order valence-electron chi connectivity index (χ3n) is 2.16. The quantitative estimate of drug-likeness (QED) is 0.795. The van der Waals surface area contributed by atoms with Crippen molar-refractivity contribution in [1.82, 2.24) is 14.8 Å². The van der Waals surface area contributed by atoms with Gasteiger partial charge >= 0.3 is 0 Å². The van der Waals surface area contributed by atoms with E-state index in [0.29, 0.717) is 16.4 Å². The van der Waals surface area contributed by atoms with Gasteiger partial charge in [-0.2, -0.15) is 0 Å². The molecule has 0 unspecified atom stereocenters. The third kappa shape index (κ3) is 2.43. The van der Waals surface area contributed by atoms with Gasteiger partial charge in [-0.25, -0.2) is 8.42 Å². The maximum Gasteiger partial charge on any atom is 0.296 e. The molecule has 5 nitrogen and oxygen atoms in total. The van der Waals surface area contributed by atoms with Crippen molar-refractivity contribution in [2.24, 2.45) is 7.05 Å². The van der Waals surface area contributed by atoms with Crippen LogP contribution in [0.3, 0.4) is 0 Å². The van der Waals surface area contributed by atoms with Gasteiger partial charge in [-0.15, -0.1) is 10.2 Å². The van der Waals surface area contributed by atoms with E-state index >= 15 is 0 Å². The zero-order chi connectivity index (χ0) is 12.6. The number of halogens is 2. The van der Waals surface area contributed by atoms with Gasteiger partial charge in [0, 0.05) is 28.3 Å². The summed E-state index contributed by atoms with van der Waals surface area (Å²) in [5, 5.41) is 7.63. The molecule has 0 N–H and O–H groups in total. The lowest BCUT2D eigenvalue weighted by molar-refractivity contribution is 0.593. The summed E-state index contributed by atoms with van der Waals surface area (Å²) in [6.07, 6.45) is 0. The smallest absolute Gasteiger partial charge is 0.296 e. The Morgan fingerprint density at radius 1 is 1.18 bits per heavy atom. The SMILES string of the molecule is Cn1c(-c2ccc(Cl)cc2)nnc1S(=O)(=O)Cl. The van der Waals surface area contributed by atoms with Gasteiger partial charge in [0.05, 0.1) is 0 Å². The number of aromatic nitrogens is 3. The standard InChI is InChI=1S/C9H7Cl2N3O2S/c1-14-8(6-2-4-7(10)5-3-6)12-13-9(14)17(11,15)16/h2-5H,1H3. The normalized spacial score (nSPS) is 11.7. The molecule has 17 heavy (non-hydrogen) atoms. The van der Waals surface area contributed by atoms with E-state index in [1.165, 1.54) is 11.6 Å². The van der Waals surface area contributed by atoms with E-state index in [9.17, 15) is 8.42 Å². The fourth-order valence-electron chi connectivity index (χ4n) is 1.38. The zero-order valence-electron chi connectivity index (χ0n) is 8.63. The van der Waals surface area contributed by atoms with Crippen molar-refractivity contribution in [3.05, 3.63) is 29.3 Å². The molecular formula is C9H7Cl2N3O2S. The van der Waals surface area contributed by atoms with Gasteiger partial charge in [-0.05, 0) is 24.3 Å². The summed E-state index contributed by atoms with van der Waals surface area (Å²) in [7, 11) is 2.85. The number of nitrogens with zero attached hydrogens (tertiary/aromatic N) is 3. The van der Waals surface area contributed by atoms with Crippen LogP contribution in [0.4, 0.5) is 0 Å². The Kier molecular flexibility index (Phi) is 3.11. The Morgan fingerprint density at radius 2 is 1.76 bits per heavy atom. The van der Waals surface area contributed by atoms with E-state index in [1.807, 2.05) is 0 Å². The number of hydrogen-bond donors (Lipinski definition) is 0. The minimum absolute atomic E-state index is 0.288. The summed E-state index contributed by atoms with van der Waals surface area (Å²) in [6, 6.07) is 6.80. The highest BCUT2D eigenvalue weighted by Crippen LogP contribution is 2.22. The lowest BCUT2D eigenvalue weighted by atomic mass is 10.2. The molecule has 0 aliphatic heterocycles. The van der Waals surface area contributed by atoms with Crippen LogP contribution in [0.1, 0.15) is 0 Å². The van der Waals surface area contributed by atoms with Crippen molar-refractivity contribution in [3.63, 3.8) is 0 Å². The molecule has 0 radical (unpaired) electrons. The molecule has 1 aromatic heterocycles. The molecular weight excluding hydrogens is 285 g/mol. The molecule has 1 heterocycles. The lowest BCUT2D eigenvalue weighted by Crippen LogP contribution is -2.02. The van der Waals surface area contributed by atoms with Gasteiger partial charge in [-0.3, -0.25) is 4.57 Å². The van der Waals surface area contributed by atoms with Crippen LogP contribution in [-0.4, -0.2) is 23.2 Å². The predicted molar refractivity (Wildman–Crippen MR) is 64.5 cm³/mol. The van der Waals surface area contributed by atoms with Gasteiger partial charge in [0.1, 0.15) is 0 Å². The molecule has 0 saturated heterocycles. The maximum atomic E-state index is 11.2. The first-order valence-electron chi connectivity index (χ1n) is 4.49. The van der Waals surface area contributed by atoms with Gasteiger partial charge in [-0.1, -0.05) is 11.6 Å². The minimum Gasteiger partial charge on any atom is -0.300 e. The minimum atomic E-state index is -3.89. The molecule has 8 heteroatoms.